The first kappa shape index (κ1) is 21.3. The SMILES string of the molecule is NC(=O)c1ccsc1NC(=O)CN1C(=O)NC(Cc2ccccc2)(c2ccccc2)C1=O. The van der Waals surface area contributed by atoms with Crippen molar-refractivity contribution in [3.63, 3.8) is 0 Å². The molecule has 2 heterocycles. The van der Waals surface area contributed by atoms with Crippen LogP contribution in [-0.4, -0.2) is 35.2 Å². The quantitative estimate of drug-likeness (QED) is 0.481. The summed E-state index contributed by atoms with van der Waals surface area (Å²) in [5, 5.41) is 7.26. The maximum Gasteiger partial charge on any atom is 0.325 e. The minimum absolute atomic E-state index is 0.170. The monoisotopic (exact) mass is 448 g/mol. The van der Waals surface area contributed by atoms with E-state index >= 15 is 0 Å². The minimum Gasteiger partial charge on any atom is -0.366 e. The van der Waals surface area contributed by atoms with E-state index in [9.17, 15) is 19.2 Å². The summed E-state index contributed by atoms with van der Waals surface area (Å²) >= 11 is 1.13. The van der Waals surface area contributed by atoms with Crippen molar-refractivity contribution in [3.05, 3.63) is 88.8 Å². The highest BCUT2D eigenvalue weighted by molar-refractivity contribution is 7.14. The van der Waals surface area contributed by atoms with Crippen LogP contribution in [0.15, 0.2) is 72.1 Å². The van der Waals surface area contributed by atoms with E-state index in [1.807, 2.05) is 36.4 Å². The largest absolute Gasteiger partial charge is 0.366 e. The highest BCUT2D eigenvalue weighted by atomic mass is 32.1. The number of hydrogen-bond acceptors (Lipinski definition) is 5. The van der Waals surface area contributed by atoms with Crippen LogP contribution in [0.5, 0.6) is 0 Å². The van der Waals surface area contributed by atoms with E-state index in [-0.39, 0.29) is 17.0 Å². The van der Waals surface area contributed by atoms with Crippen LogP contribution in [0.3, 0.4) is 0 Å². The number of carbonyl (C=O) groups is 4. The fraction of sp³-hybridized carbons (Fsp3) is 0.130. The zero-order chi connectivity index (χ0) is 22.7. The van der Waals surface area contributed by atoms with E-state index in [2.05, 4.69) is 10.6 Å². The number of benzene rings is 2. The Morgan fingerprint density at radius 2 is 1.66 bits per heavy atom. The Labute approximate surface area is 188 Å². The van der Waals surface area contributed by atoms with E-state index in [4.69, 9.17) is 5.73 Å². The molecule has 1 aliphatic heterocycles. The van der Waals surface area contributed by atoms with Gasteiger partial charge in [0.1, 0.15) is 11.5 Å². The van der Waals surface area contributed by atoms with Crippen LogP contribution in [0, 0.1) is 0 Å². The Hall–Kier alpha value is -3.98. The zero-order valence-corrected chi connectivity index (χ0v) is 17.7. The zero-order valence-electron chi connectivity index (χ0n) is 16.9. The molecule has 5 amide bonds. The molecule has 1 fully saturated rings. The first-order valence-corrected chi connectivity index (χ1v) is 10.7. The van der Waals surface area contributed by atoms with Crippen LogP contribution in [0.2, 0.25) is 0 Å². The maximum atomic E-state index is 13.5. The fourth-order valence-corrected chi connectivity index (χ4v) is 4.53. The van der Waals surface area contributed by atoms with Gasteiger partial charge in [0, 0.05) is 6.42 Å². The smallest absolute Gasteiger partial charge is 0.325 e. The second kappa shape index (κ2) is 8.64. The number of urea groups is 1. The summed E-state index contributed by atoms with van der Waals surface area (Å²) in [4.78, 5) is 51.3. The van der Waals surface area contributed by atoms with Crippen LogP contribution >= 0.6 is 11.3 Å². The predicted molar refractivity (Wildman–Crippen MR) is 120 cm³/mol. The average molecular weight is 449 g/mol. The lowest BCUT2D eigenvalue weighted by atomic mass is 9.83. The molecule has 1 saturated heterocycles. The number of nitrogens with two attached hydrogens (primary N) is 1. The van der Waals surface area contributed by atoms with E-state index in [1.165, 1.54) is 6.07 Å². The van der Waals surface area contributed by atoms with Gasteiger partial charge in [0.2, 0.25) is 5.91 Å². The van der Waals surface area contributed by atoms with Crippen molar-refractivity contribution in [1.82, 2.24) is 10.2 Å². The third-order valence-corrected chi connectivity index (χ3v) is 6.07. The van der Waals surface area contributed by atoms with Gasteiger partial charge >= 0.3 is 6.03 Å². The molecule has 0 aliphatic carbocycles. The molecular formula is C23H20N4O4S. The molecular weight excluding hydrogens is 428 g/mol. The van der Waals surface area contributed by atoms with Crippen LogP contribution in [0.25, 0.3) is 0 Å². The number of thiophene rings is 1. The summed E-state index contributed by atoms with van der Waals surface area (Å²) in [7, 11) is 0. The van der Waals surface area contributed by atoms with E-state index in [0.29, 0.717) is 5.56 Å². The van der Waals surface area contributed by atoms with Gasteiger partial charge in [-0.05, 0) is 22.6 Å². The Kier molecular flexibility index (Phi) is 5.74. The number of imide groups is 1. The van der Waals surface area contributed by atoms with Crippen molar-refractivity contribution in [3.8, 4) is 0 Å². The molecule has 0 bridgehead atoms. The highest BCUT2D eigenvalue weighted by Crippen LogP contribution is 2.33. The molecule has 8 nitrogen and oxygen atoms in total. The molecule has 1 aliphatic rings. The lowest BCUT2D eigenvalue weighted by Gasteiger charge is -2.27. The Bertz CT molecular complexity index is 1180. The third kappa shape index (κ3) is 3.97. The summed E-state index contributed by atoms with van der Waals surface area (Å²) in [5.41, 5.74) is 5.63. The topological polar surface area (TPSA) is 122 Å². The number of carbonyl (C=O) groups excluding carboxylic acids is 4. The molecule has 0 radical (unpaired) electrons. The van der Waals surface area contributed by atoms with Crippen LogP contribution < -0.4 is 16.4 Å². The van der Waals surface area contributed by atoms with Gasteiger partial charge in [-0.1, -0.05) is 60.7 Å². The number of nitrogens with one attached hydrogen (secondary N) is 2. The molecule has 32 heavy (non-hydrogen) atoms. The standard InChI is InChI=1S/C23H20N4O4S/c24-19(29)17-11-12-32-20(17)25-18(28)14-27-21(30)23(26-22(27)31,16-9-5-2-6-10-16)13-15-7-3-1-4-8-15/h1-12H,13-14H2,(H2,24,29)(H,25,28)(H,26,31). The van der Waals surface area contributed by atoms with Crippen LogP contribution in [0.1, 0.15) is 21.5 Å². The normalized spacial score (nSPS) is 17.8. The molecule has 0 saturated carbocycles. The fourth-order valence-electron chi connectivity index (χ4n) is 3.72. The maximum absolute atomic E-state index is 13.5. The molecule has 2 aromatic carbocycles. The minimum atomic E-state index is -1.33. The molecule has 4 N–H and O–H groups in total. The molecule has 1 unspecified atom stereocenters. The van der Waals surface area contributed by atoms with Crippen LogP contribution in [-0.2, 0) is 21.5 Å². The second-order valence-electron chi connectivity index (χ2n) is 7.33. The first-order chi connectivity index (χ1) is 15.4. The lowest BCUT2D eigenvalue weighted by molar-refractivity contribution is -0.134. The third-order valence-electron chi connectivity index (χ3n) is 5.24. The van der Waals surface area contributed by atoms with E-state index < -0.39 is 35.8 Å². The van der Waals surface area contributed by atoms with Gasteiger partial charge in [0.05, 0.1) is 5.56 Å². The lowest BCUT2D eigenvalue weighted by Crippen LogP contribution is -2.46. The van der Waals surface area contributed by atoms with Gasteiger partial charge in [0.25, 0.3) is 11.8 Å². The molecule has 9 heteroatoms. The van der Waals surface area contributed by atoms with Crippen molar-refractivity contribution in [2.45, 2.75) is 12.0 Å². The number of nitrogens with zero attached hydrogens (tertiary/aromatic N) is 1. The van der Waals surface area contributed by atoms with E-state index in [0.717, 1.165) is 21.8 Å². The molecule has 3 aromatic rings. The number of primary amides is 1. The summed E-state index contributed by atoms with van der Waals surface area (Å²) in [6.45, 7) is -0.496. The van der Waals surface area contributed by atoms with Gasteiger partial charge in [-0.3, -0.25) is 19.3 Å². The Morgan fingerprint density at radius 3 is 2.31 bits per heavy atom. The summed E-state index contributed by atoms with van der Waals surface area (Å²) < 4.78 is 0. The van der Waals surface area contributed by atoms with Crippen molar-refractivity contribution in [1.29, 1.82) is 0 Å². The number of hydrogen-bond donors (Lipinski definition) is 3. The molecule has 0 spiro atoms. The van der Waals surface area contributed by atoms with Crippen molar-refractivity contribution in [2.24, 2.45) is 5.73 Å². The summed E-state index contributed by atoms with van der Waals surface area (Å²) in [6.07, 6.45) is 0.233. The number of anilines is 1. The molecule has 4 rings (SSSR count). The van der Waals surface area contributed by atoms with Crippen molar-refractivity contribution in [2.75, 3.05) is 11.9 Å². The average Bonchev–Trinajstić information content (AvgIpc) is 3.34. The van der Waals surface area contributed by atoms with Crippen molar-refractivity contribution < 1.29 is 19.2 Å². The Balaban J connectivity index is 1.60. The van der Waals surface area contributed by atoms with Gasteiger partial charge < -0.3 is 16.4 Å². The van der Waals surface area contributed by atoms with E-state index in [1.54, 1.807) is 29.6 Å². The second-order valence-corrected chi connectivity index (χ2v) is 8.25. The molecule has 162 valence electrons. The van der Waals surface area contributed by atoms with Gasteiger partial charge in [-0.2, -0.15) is 0 Å². The summed E-state index contributed by atoms with van der Waals surface area (Å²) in [6, 6.07) is 19.1. The molecule has 1 atom stereocenters. The molecule has 1 aromatic heterocycles. The Morgan fingerprint density at radius 1 is 1.00 bits per heavy atom. The predicted octanol–water partition coefficient (Wildman–Crippen LogP) is 2.48. The van der Waals surface area contributed by atoms with Gasteiger partial charge in [0.15, 0.2) is 5.54 Å². The summed E-state index contributed by atoms with van der Waals surface area (Å²) in [5.74, 6) is -1.81. The first-order valence-electron chi connectivity index (χ1n) is 9.81. The number of amides is 5. The number of rotatable bonds is 7. The van der Waals surface area contributed by atoms with Gasteiger partial charge in [-0.15, -0.1) is 11.3 Å². The van der Waals surface area contributed by atoms with Crippen LogP contribution in [0.4, 0.5) is 9.80 Å². The van der Waals surface area contributed by atoms with Crippen molar-refractivity contribution >= 4 is 40.1 Å². The van der Waals surface area contributed by atoms with Gasteiger partial charge in [-0.25, -0.2) is 4.79 Å². The highest BCUT2D eigenvalue weighted by Gasteiger charge is 2.52.